The number of unbranched alkanes of at least 4 members (excludes halogenated alkanes) is 1. The summed E-state index contributed by atoms with van der Waals surface area (Å²) < 4.78 is 13.3. The number of esters is 1. The molecule has 1 aromatic carbocycles. The fourth-order valence-corrected chi connectivity index (χ4v) is 6.73. The monoisotopic (exact) mass is 505 g/mol. The minimum absolute atomic E-state index is 0.0866. The van der Waals surface area contributed by atoms with Crippen LogP contribution < -0.4 is 9.62 Å². The van der Waals surface area contributed by atoms with Gasteiger partial charge in [-0.1, -0.05) is 17.4 Å². The summed E-state index contributed by atoms with van der Waals surface area (Å²) in [6, 6.07) is 7.57. The number of anilines is 1. The van der Waals surface area contributed by atoms with Crippen molar-refractivity contribution in [2.75, 3.05) is 43.7 Å². The summed E-state index contributed by atoms with van der Waals surface area (Å²) in [4.78, 5) is 31.0. The second kappa shape index (κ2) is 11.7. The van der Waals surface area contributed by atoms with Crippen LogP contribution >= 0.6 is 22.7 Å². The van der Waals surface area contributed by atoms with E-state index in [2.05, 4.69) is 24.7 Å². The lowest BCUT2D eigenvalue weighted by molar-refractivity contribution is 0.0531. The molecule has 0 saturated carbocycles. The van der Waals surface area contributed by atoms with E-state index < -0.39 is 11.4 Å². The number of hydrazone groups is 1. The van der Waals surface area contributed by atoms with Crippen LogP contribution in [0.15, 0.2) is 34.3 Å². The standard InChI is InChI=1S/C23H31N5O4S2/c1-3-31-22(30)20-17(2)26-23(33-20)28-14-15-32-34(28)19-9-6-8-18(16-19)21(29)24-10-4-5-12-27-13-7-11-25-27/h6,8-9,11,16,34H,3-5,7,10,12-15H2,1-2H3,(H,24,29). The molecule has 1 saturated heterocycles. The Morgan fingerprint density at radius 1 is 1.29 bits per heavy atom. The molecule has 0 aliphatic carbocycles. The molecule has 0 bridgehead atoms. The van der Waals surface area contributed by atoms with Gasteiger partial charge in [0.1, 0.15) is 4.88 Å². The van der Waals surface area contributed by atoms with Gasteiger partial charge < -0.3 is 14.2 Å². The molecule has 184 valence electrons. The summed E-state index contributed by atoms with van der Waals surface area (Å²) in [6.45, 7) is 7.72. The number of amides is 1. The van der Waals surface area contributed by atoms with Crippen molar-refractivity contribution in [3.63, 3.8) is 0 Å². The highest BCUT2D eigenvalue weighted by Gasteiger charge is 2.29. The van der Waals surface area contributed by atoms with Crippen molar-refractivity contribution in [1.29, 1.82) is 0 Å². The quantitative estimate of drug-likeness (QED) is 0.290. The summed E-state index contributed by atoms with van der Waals surface area (Å²) in [5, 5.41) is 10.1. The number of nitrogens with one attached hydrogen (secondary N) is 1. The maximum atomic E-state index is 12.7. The minimum Gasteiger partial charge on any atom is -0.462 e. The summed E-state index contributed by atoms with van der Waals surface area (Å²) in [5.74, 6) is -0.434. The molecular formula is C23H31N5O4S2. The molecule has 0 radical (unpaired) electrons. The normalized spacial score (nSPS) is 18.5. The zero-order valence-corrected chi connectivity index (χ0v) is 21.2. The zero-order valence-electron chi connectivity index (χ0n) is 19.5. The molecule has 1 fully saturated rings. The number of nitrogens with zero attached hydrogens (tertiary/aromatic N) is 4. The molecule has 1 aromatic heterocycles. The number of hydrogen-bond donors (Lipinski definition) is 2. The van der Waals surface area contributed by atoms with E-state index in [0.717, 1.165) is 42.4 Å². The van der Waals surface area contributed by atoms with E-state index in [1.165, 1.54) is 11.3 Å². The number of thiol groups is 1. The number of rotatable bonds is 10. The van der Waals surface area contributed by atoms with Crippen LogP contribution in [0.1, 0.15) is 51.9 Å². The molecular weight excluding hydrogens is 474 g/mol. The number of ether oxygens (including phenoxy) is 1. The SMILES string of the molecule is CCOC(=O)c1sc(N2CCO[SH]2c2cccc(C(=O)NCCCCN3CCC=N3)c2)nc1C. The molecule has 4 rings (SSSR count). The fraction of sp³-hybridized carbons (Fsp3) is 0.478. The number of carbonyl (C=O) groups excluding carboxylic acids is 2. The largest absolute Gasteiger partial charge is 0.462 e. The molecule has 34 heavy (non-hydrogen) atoms. The first kappa shape index (κ1) is 24.5. The molecule has 1 atom stereocenters. The molecule has 2 aromatic rings. The third kappa shape index (κ3) is 5.89. The third-order valence-corrected chi connectivity index (χ3v) is 8.69. The second-order valence-corrected chi connectivity index (χ2v) is 10.7. The summed E-state index contributed by atoms with van der Waals surface area (Å²) >= 11 is 0.183. The van der Waals surface area contributed by atoms with Gasteiger partial charge in [0, 0.05) is 42.7 Å². The number of thiazole rings is 1. The minimum atomic E-state index is -1.14. The van der Waals surface area contributed by atoms with Crippen LogP contribution in [0.3, 0.4) is 0 Å². The third-order valence-electron chi connectivity index (χ3n) is 5.42. The van der Waals surface area contributed by atoms with E-state index in [4.69, 9.17) is 8.92 Å². The van der Waals surface area contributed by atoms with Crippen molar-refractivity contribution in [3.8, 4) is 0 Å². The lowest BCUT2D eigenvalue weighted by Crippen LogP contribution is -2.25. The van der Waals surface area contributed by atoms with Gasteiger partial charge in [0.05, 0.1) is 25.5 Å². The van der Waals surface area contributed by atoms with E-state index >= 15 is 0 Å². The number of aromatic nitrogens is 1. The zero-order chi connectivity index (χ0) is 23.9. The van der Waals surface area contributed by atoms with Gasteiger partial charge in [-0.25, -0.2) is 9.78 Å². The maximum Gasteiger partial charge on any atom is 0.350 e. The highest BCUT2D eigenvalue weighted by Crippen LogP contribution is 2.48. The second-order valence-electron chi connectivity index (χ2n) is 7.91. The van der Waals surface area contributed by atoms with Gasteiger partial charge in [0.2, 0.25) is 0 Å². The summed E-state index contributed by atoms with van der Waals surface area (Å²) in [7, 11) is 0. The van der Waals surface area contributed by atoms with E-state index in [1.807, 2.05) is 37.4 Å². The molecule has 1 amide bonds. The van der Waals surface area contributed by atoms with Crippen LogP contribution in [0.5, 0.6) is 0 Å². The van der Waals surface area contributed by atoms with Gasteiger partial charge in [-0.05, 0) is 56.3 Å². The Morgan fingerprint density at radius 2 is 2.18 bits per heavy atom. The topological polar surface area (TPSA) is 96.4 Å². The number of benzene rings is 1. The molecule has 2 aliphatic heterocycles. The molecule has 11 heteroatoms. The average Bonchev–Trinajstić information content (AvgIpc) is 3.60. The number of hydrogen-bond acceptors (Lipinski definition) is 9. The van der Waals surface area contributed by atoms with Crippen LogP contribution in [0, 0.1) is 6.92 Å². The van der Waals surface area contributed by atoms with Crippen molar-refractivity contribution >= 4 is 45.9 Å². The smallest absolute Gasteiger partial charge is 0.350 e. The highest BCUT2D eigenvalue weighted by atomic mass is 32.2. The van der Waals surface area contributed by atoms with Gasteiger partial charge >= 0.3 is 5.97 Å². The first-order valence-electron chi connectivity index (χ1n) is 11.6. The van der Waals surface area contributed by atoms with Crippen molar-refractivity contribution in [1.82, 2.24) is 15.3 Å². The Kier molecular flexibility index (Phi) is 8.41. The Morgan fingerprint density at radius 3 is 2.97 bits per heavy atom. The first-order chi connectivity index (χ1) is 16.6. The summed E-state index contributed by atoms with van der Waals surface area (Å²) in [5.41, 5.74) is 1.27. The lowest BCUT2D eigenvalue weighted by Gasteiger charge is -2.26. The van der Waals surface area contributed by atoms with Crippen LogP contribution in [0.2, 0.25) is 0 Å². The Bertz CT molecular complexity index is 1040. The molecule has 1 unspecified atom stereocenters. The van der Waals surface area contributed by atoms with Crippen LogP contribution in [0.25, 0.3) is 0 Å². The Balaban J connectivity index is 1.36. The molecule has 0 spiro atoms. The molecule has 9 nitrogen and oxygen atoms in total. The molecule has 2 aliphatic rings. The van der Waals surface area contributed by atoms with Crippen molar-refractivity contribution in [2.45, 2.75) is 38.0 Å². The van der Waals surface area contributed by atoms with E-state index in [-0.39, 0.29) is 11.9 Å². The molecule has 3 heterocycles. The lowest BCUT2D eigenvalue weighted by atomic mass is 10.2. The van der Waals surface area contributed by atoms with Crippen molar-refractivity contribution in [3.05, 3.63) is 40.4 Å². The van der Waals surface area contributed by atoms with E-state index in [1.54, 1.807) is 6.92 Å². The van der Waals surface area contributed by atoms with Gasteiger partial charge in [0.25, 0.3) is 5.91 Å². The van der Waals surface area contributed by atoms with Gasteiger partial charge in [-0.2, -0.15) is 5.10 Å². The first-order valence-corrected chi connectivity index (χ1v) is 13.6. The van der Waals surface area contributed by atoms with Gasteiger partial charge in [-0.15, -0.1) is 0 Å². The van der Waals surface area contributed by atoms with Crippen molar-refractivity contribution < 1.29 is 18.5 Å². The predicted octanol–water partition coefficient (Wildman–Crippen LogP) is 3.56. The maximum absolute atomic E-state index is 12.7. The van der Waals surface area contributed by atoms with Crippen molar-refractivity contribution in [2.24, 2.45) is 5.10 Å². The van der Waals surface area contributed by atoms with E-state index in [9.17, 15) is 9.59 Å². The van der Waals surface area contributed by atoms with Crippen LogP contribution in [0.4, 0.5) is 5.13 Å². The fourth-order valence-electron chi connectivity index (χ4n) is 3.74. The van der Waals surface area contributed by atoms with Crippen LogP contribution in [-0.2, 0) is 8.92 Å². The Labute approximate surface area is 206 Å². The molecule has 1 N–H and O–H groups in total. The van der Waals surface area contributed by atoms with Gasteiger partial charge in [0.15, 0.2) is 5.13 Å². The summed E-state index contributed by atoms with van der Waals surface area (Å²) in [6.07, 6.45) is 4.87. The van der Waals surface area contributed by atoms with Gasteiger partial charge in [-0.3, -0.25) is 14.1 Å². The number of carbonyl (C=O) groups is 2. The van der Waals surface area contributed by atoms with E-state index in [0.29, 0.717) is 42.4 Å². The van der Waals surface area contributed by atoms with Crippen LogP contribution in [-0.4, -0.2) is 67.5 Å². The average molecular weight is 506 g/mol. The Hall–Kier alpha value is -2.63. The predicted molar refractivity (Wildman–Crippen MR) is 136 cm³/mol. The number of aryl methyl sites for hydroxylation is 1. The highest BCUT2D eigenvalue weighted by molar-refractivity contribution is 8.14.